The van der Waals surface area contributed by atoms with Crippen LogP contribution < -0.4 is 16.0 Å². The molecule has 0 aromatic heterocycles. The van der Waals surface area contributed by atoms with Crippen LogP contribution in [-0.2, 0) is 35.0 Å². The number of anilines is 1. The summed E-state index contributed by atoms with van der Waals surface area (Å²) in [5, 5.41) is 12.1. The molecular formula is C34H38N5O9P. The van der Waals surface area contributed by atoms with Crippen LogP contribution in [0.2, 0.25) is 0 Å². The summed E-state index contributed by atoms with van der Waals surface area (Å²) in [7, 11) is -5.39. The van der Waals surface area contributed by atoms with Gasteiger partial charge in [-0.2, -0.15) is 0 Å². The molecule has 0 bridgehead atoms. The maximum atomic E-state index is 14.3. The van der Waals surface area contributed by atoms with E-state index in [4.69, 9.17) is 5.73 Å². The van der Waals surface area contributed by atoms with Crippen LogP contribution in [0.1, 0.15) is 43.9 Å². The van der Waals surface area contributed by atoms with E-state index in [1.807, 2.05) is 6.92 Å². The monoisotopic (exact) mass is 691 g/mol. The number of phenols is 1. The maximum absolute atomic E-state index is 14.3. The minimum Gasteiger partial charge on any atom is -0.508 e. The minimum absolute atomic E-state index is 0.104. The smallest absolute Gasteiger partial charge is 0.433 e. The van der Waals surface area contributed by atoms with Crippen LogP contribution in [-0.4, -0.2) is 79.4 Å². The molecule has 4 atom stereocenters. The third-order valence-electron chi connectivity index (χ3n) is 8.24. The number of nitrogens with zero attached hydrogens (tertiary/aromatic N) is 3. The number of carbonyl (C=O) groups is 5. The lowest BCUT2D eigenvalue weighted by Crippen LogP contribution is -2.55. The molecule has 0 radical (unpaired) electrons. The molecule has 1 aliphatic heterocycles. The van der Waals surface area contributed by atoms with Gasteiger partial charge in [0.25, 0.3) is 5.91 Å². The molecule has 6 N–H and O–H groups in total. The van der Waals surface area contributed by atoms with Crippen molar-refractivity contribution in [2.45, 2.75) is 51.9 Å². The van der Waals surface area contributed by atoms with Gasteiger partial charge < -0.3 is 30.8 Å². The fourth-order valence-corrected chi connectivity index (χ4v) is 6.31. The Balaban J connectivity index is 1.82. The second kappa shape index (κ2) is 15.5. The van der Waals surface area contributed by atoms with Crippen molar-refractivity contribution < 1.29 is 43.4 Å². The van der Waals surface area contributed by atoms with Crippen molar-refractivity contribution in [2.24, 2.45) is 16.6 Å². The number of fused-ring (bicyclic) bond motifs is 1. The van der Waals surface area contributed by atoms with Crippen molar-refractivity contribution in [1.29, 1.82) is 0 Å². The molecule has 15 heteroatoms. The predicted molar refractivity (Wildman–Crippen MR) is 180 cm³/mol. The van der Waals surface area contributed by atoms with Crippen molar-refractivity contribution in [3.05, 3.63) is 95.6 Å². The Kier molecular flexibility index (Phi) is 11.6. The van der Waals surface area contributed by atoms with Crippen LogP contribution in [0.3, 0.4) is 0 Å². The van der Waals surface area contributed by atoms with E-state index in [0.29, 0.717) is 23.1 Å². The van der Waals surface area contributed by atoms with Gasteiger partial charge in [-0.05, 0) is 29.7 Å². The first kappa shape index (κ1) is 36.8. The van der Waals surface area contributed by atoms with E-state index in [-0.39, 0.29) is 27.7 Å². The van der Waals surface area contributed by atoms with E-state index >= 15 is 0 Å². The van der Waals surface area contributed by atoms with Gasteiger partial charge in [0, 0.05) is 24.5 Å². The van der Waals surface area contributed by atoms with Gasteiger partial charge in [0.2, 0.25) is 29.5 Å². The summed E-state index contributed by atoms with van der Waals surface area (Å²) < 4.78 is 12.6. The molecule has 14 nitrogen and oxygen atoms in total. The number of aliphatic imine (C=N–C) groups is 1. The largest absolute Gasteiger partial charge is 0.508 e. The fraction of sp³-hybridized carbons (Fsp3) is 0.294. The second-order valence-corrected chi connectivity index (χ2v) is 13.1. The summed E-state index contributed by atoms with van der Waals surface area (Å²) >= 11 is 0. The first-order chi connectivity index (χ1) is 23.1. The van der Waals surface area contributed by atoms with Gasteiger partial charge in [-0.3, -0.25) is 24.0 Å². The van der Waals surface area contributed by atoms with E-state index in [1.54, 1.807) is 61.5 Å². The van der Waals surface area contributed by atoms with Crippen LogP contribution in [0.25, 0.3) is 0 Å². The third-order valence-corrected chi connectivity index (χ3v) is 9.36. The standard InChI is InChI=1S/C34H38N5O9P/c1-4-20(2)29(35)31(43)28(42)19-38-26-13-9-8-12-25(26)30(23-10-6-5-7-11-23)36-32(34(38)45)37-33(44)27(39(21(3)40)49(46,47)48)18-22-14-16-24(41)17-15-22/h5-17,20,27,29,32,41H,4,18-19,35H2,1-3H3,(H,37,44)(H2,46,47,48)/t20-,27-,29-,32-/m0/s1. The molecule has 0 unspecified atom stereocenters. The molecular weight excluding hydrogens is 653 g/mol. The number of aromatic hydroxyl groups is 1. The molecule has 4 rings (SSSR count). The number of Topliss-reactive ketones (excluding diaryl/α,β-unsaturated/α-hetero) is 2. The van der Waals surface area contributed by atoms with E-state index in [2.05, 4.69) is 10.3 Å². The number of hydrogen-bond donors (Lipinski definition) is 5. The predicted octanol–water partition coefficient (Wildman–Crippen LogP) is 2.08. The zero-order valence-corrected chi connectivity index (χ0v) is 28.0. The van der Waals surface area contributed by atoms with Gasteiger partial charge in [-0.15, -0.1) is 0 Å². The number of hydrogen-bond acceptors (Lipinski definition) is 9. The molecule has 49 heavy (non-hydrogen) atoms. The number of benzene rings is 3. The highest BCUT2D eigenvalue weighted by molar-refractivity contribution is 7.50. The quantitative estimate of drug-likeness (QED) is 0.130. The van der Waals surface area contributed by atoms with E-state index in [1.165, 1.54) is 24.3 Å². The SMILES string of the molecule is CC[C@H](C)[C@H](N)C(=O)C(=O)CN1C(=O)[C@H](NC(=O)[C@H](Cc2ccc(O)cc2)N(C(C)=O)P(=O)(O)O)N=C(c2ccccc2)c2ccccc21. The summed E-state index contributed by atoms with van der Waals surface area (Å²) in [6.07, 6.45) is -1.67. The summed E-state index contributed by atoms with van der Waals surface area (Å²) in [6, 6.07) is 17.6. The first-order valence-electron chi connectivity index (χ1n) is 15.4. The number of carbonyl (C=O) groups excluding carboxylic acids is 5. The lowest BCUT2D eigenvalue weighted by atomic mass is 9.94. The average Bonchev–Trinajstić information content (AvgIpc) is 3.18. The number of amides is 3. The van der Waals surface area contributed by atoms with Crippen molar-refractivity contribution in [3.63, 3.8) is 0 Å². The highest BCUT2D eigenvalue weighted by atomic mass is 31.2. The van der Waals surface area contributed by atoms with E-state index < -0.39 is 68.2 Å². The molecule has 0 saturated heterocycles. The lowest BCUT2D eigenvalue weighted by molar-refractivity contribution is -0.138. The molecule has 3 amide bonds. The minimum atomic E-state index is -5.39. The van der Waals surface area contributed by atoms with Crippen LogP contribution in [0, 0.1) is 5.92 Å². The zero-order chi connectivity index (χ0) is 36.0. The molecule has 0 fully saturated rings. The molecule has 0 saturated carbocycles. The highest BCUT2D eigenvalue weighted by Gasteiger charge is 2.42. The summed E-state index contributed by atoms with van der Waals surface area (Å²) in [5.74, 6) is -5.43. The van der Waals surface area contributed by atoms with Crippen molar-refractivity contribution >= 4 is 48.4 Å². The van der Waals surface area contributed by atoms with Crippen LogP contribution in [0.5, 0.6) is 5.75 Å². The first-order valence-corrected chi connectivity index (χ1v) is 17.0. The molecule has 3 aromatic carbocycles. The van der Waals surface area contributed by atoms with Gasteiger partial charge >= 0.3 is 7.75 Å². The van der Waals surface area contributed by atoms with Crippen LogP contribution in [0.4, 0.5) is 5.69 Å². The molecule has 1 heterocycles. The Bertz CT molecular complexity index is 1810. The second-order valence-electron chi connectivity index (χ2n) is 11.7. The summed E-state index contributed by atoms with van der Waals surface area (Å²) in [5.41, 5.74) is 7.77. The normalized spacial score (nSPS) is 16.4. The van der Waals surface area contributed by atoms with E-state index in [0.717, 1.165) is 11.8 Å². The Morgan fingerprint density at radius 2 is 1.61 bits per heavy atom. The van der Waals surface area contributed by atoms with Crippen LogP contribution in [0.15, 0.2) is 83.9 Å². The van der Waals surface area contributed by atoms with Gasteiger partial charge in [0.05, 0.1) is 24.0 Å². The molecule has 258 valence electrons. The number of benzodiazepines with no additional fused rings is 1. The van der Waals surface area contributed by atoms with Gasteiger partial charge in [-0.1, -0.05) is 80.9 Å². The van der Waals surface area contributed by atoms with Crippen molar-refractivity contribution in [2.75, 3.05) is 11.4 Å². The number of nitrogens with two attached hydrogens (primary N) is 1. The van der Waals surface area contributed by atoms with Gasteiger partial charge in [-0.25, -0.2) is 14.2 Å². The average molecular weight is 692 g/mol. The van der Waals surface area contributed by atoms with Crippen molar-refractivity contribution in [3.8, 4) is 5.75 Å². The third kappa shape index (κ3) is 8.54. The number of phenolic OH excluding ortho intramolecular Hbond substituents is 1. The lowest BCUT2D eigenvalue weighted by Gasteiger charge is -2.31. The maximum Gasteiger partial charge on any atom is 0.433 e. The number of rotatable bonds is 13. The molecule has 0 aliphatic carbocycles. The fourth-order valence-electron chi connectivity index (χ4n) is 5.39. The van der Waals surface area contributed by atoms with Crippen LogP contribution >= 0.6 is 7.75 Å². The summed E-state index contributed by atoms with van der Waals surface area (Å²) in [4.78, 5) is 93.1. The summed E-state index contributed by atoms with van der Waals surface area (Å²) in [6.45, 7) is 3.69. The van der Waals surface area contributed by atoms with E-state index in [9.17, 15) is 43.4 Å². The molecule has 3 aromatic rings. The molecule has 1 aliphatic rings. The Hall–Kier alpha value is -5.01. The Morgan fingerprint density at radius 3 is 2.20 bits per heavy atom. The highest BCUT2D eigenvalue weighted by Crippen LogP contribution is 2.42. The zero-order valence-electron chi connectivity index (χ0n) is 27.1. The number of ketones is 2. The van der Waals surface area contributed by atoms with Gasteiger partial charge in [0.15, 0.2) is 0 Å². The number of nitrogens with one attached hydrogen (secondary N) is 1. The van der Waals surface area contributed by atoms with Gasteiger partial charge in [0.1, 0.15) is 11.8 Å². The topological polar surface area (TPSA) is 220 Å². The van der Waals surface area contributed by atoms with Crippen molar-refractivity contribution in [1.82, 2.24) is 9.99 Å². The molecule has 0 spiro atoms. The number of para-hydroxylation sites is 1. The Labute approximate surface area is 282 Å². The Morgan fingerprint density at radius 1 is 1.00 bits per heavy atom.